The maximum atomic E-state index is 12.3. The molecule has 0 saturated carbocycles. The molecule has 0 spiro atoms. The fraction of sp³-hybridized carbons (Fsp3) is 0.409. The molecule has 6 nitrogen and oxygen atoms in total. The summed E-state index contributed by atoms with van der Waals surface area (Å²) in [4.78, 5) is 28.6. The quantitative estimate of drug-likeness (QED) is 0.661. The molecule has 0 atom stereocenters. The van der Waals surface area contributed by atoms with Gasteiger partial charge < -0.3 is 14.6 Å². The van der Waals surface area contributed by atoms with Crippen LogP contribution in [0.1, 0.15) is 56.7 Å². The SMILES string of the molecule is CCOC(=O)C1=C(O)/C(=C/c2cc(C(C)C)c(OC)cc2C)SC1=NC(=O)CC. The number of aryl methyl sites for hydroxylation is 1. The van der Waals surface area contributed by atoms with E-state index >= 15 is 0 Å². The van der Waals surface area contributed by atoms with E-state index in [9.17, 15) is 14.7 Å². The standard InChI is InChI=1S/C22H27NO5S/c1-7-18(24)23-21-19(22(26)28-8-2)20(25)17(29-21)11-14-10-15(12(3)4)16(27-6)9-13(14)5/h9-12,25H,7-8H2,1-6H3/b17-11-,23-21?. The van der Waals surface area contributed by atoms with Crippen molar-refractivity contribution in [2.75, 3.05) is 13.7 Å². The predicted octanol–water partition coefficient (Wildman–Crippen LogP) is 4.93. The first-order valence-electron chi connectivity index (χ1n) is 9.54. The van der Waals surface area contributed by atoms with Crippen molar-refractivity contribution < 1.29 is 24.2 Å². The molecule has 1 amide bonds. The lowest BCUT2D eigenvalue weighted by Gasteiger charge is -2.15. The Hall–Kier alpha value is -2.54. The molecule has 29 heavy (non-hydrogen) atoms. The van der Waals surface area contributed by atoms with Gasteiger partial charge in [-0.15, -0.1) is 0 Å². The Morgan fingerprint density at radius 3 is 2.52 bits per heavy atom. The number of carbonyl (C=O) groups excluding carboxylic acids is 2. The van der Waals surface area contributed by atoms with Gasteiger partial charge in [-0.3, -0.25) is 4.79 Å². The van der Waals surface area contributed by atoms with Gasteiger partial charge in [0.05, 0.1) is 18.6 Å². The van der Waals surface area contributed by atoms with Crippen LogP contribution in [0.5, 0.6) is 5.75 Å². The fourth-order valence-electron chi connectivity index (χ4n) is 2.82. The second kappa shape index (κ2) is 9.78. The van der Waals surface area contributed by atoms with Crippen LogP contribution in [-0.4, -0.2) is 35.7 Å². The first kappa shape index (κ1) is 22.7. The minimum atomic E-state index is -0.696. The molecule has 1 aromatic rings. The maximum absolute atomic E-state index is 12.3. The van der Waals surface area contributed by atoms with Crippen LogP contribution in [0.25, 0.3) is 6.08 Å². The fourth-order valence-corrected chi connectivity index (χ4v) is 3.85. The van der Waals surface area contributed by atoms with E-state index in [4.69, 9.17) is 9.47 Å². The van der Waals surface area contributed by atoms with Crippen molar-refractivity contribution in [3.8, 4) is 5.75 Å². The average Bonchev–Trinajstić information content (AvgIpc) is 2.97. The van der Waals surface area contributed by atoms with Gasteiger partial charge in [-0.2, -0.15) is 0 Å². The number of aliphatic imine (C=N–C) groups is 1. The van der Waals surface area contributed by atoms with Gasteiger partial charge in [-0.25, -0.2) is 9.79 Å². The largest absolute Gasteiger partial charge is 0.506 e. The number of rotatable bonds is 6. The number of benzene rings is 1. The minimum Gasteiger partial charge on any atom is -0.506 e. The van der Waals surface area contributed by atoms with Crippen molar-refractivity contribution in [3.05, 3.63) is 45.1 Å². The molecule has 156 valence electrons. The molecule has 7 heteroatoms. The molecule has 0 aromatic heterocycles. The van der Waals surface area contributed by atoms with E-state index in [0.717, 1.165) is 34.2 Å². The van der Waals surface area contributed by atoms with Crippen molar-refractivity contribution in [1.29, 1.82) is 0 Å². The second-order valence-electron chi connectivity index (χ2n) is 6.82. The van der Waals surface area contributed by atoms with Gasteiger partial charge in [0.25, 0.3) is 0 Å². The monoisotopic (exact) mass is 417 g/mol. The Morgan fingerprint density at radius 2 is 1.97 bits per heavy atom. The van der Waals surface area contributed by atoms with E-state index < -0.39 is 5.97 Å². The van der Waals surface area contributed by atoms with E-state index in [1.807, 2.05) is 19.1 Å². The summed E-state index contributed by atoms with van der Waals surface area (Å²) in [5.74, 6) is -0.236. The zero-order valence-corrected chi connectivity index (χ0v) is 18.5. The van der Waals surface area contributed by atoms with Crippen LogP contribution in [-0.2, 0) is 14.3 Å². The van der Waals surface area contributed by atoms with Crippen LogP contribution >= 0.6 is 11.8 Å². The van der Waals surface area contributed by atoms with Crippen LogP contribution in [0.3, 0.4) is 0 Å². The number of thioether (sulfide) groups is 1. The molecule has 1 aromatic carbocycles. The summed E-state index contributed by atoms with van der Waals surface area (Å²) in [5.41, 5.74) is 2.81. The van der Waals surface area contributed by atoms with Crippen LogP contribution in [0.2, 0.25) is 0 Å². The Labute approximate surface area is 175 Å². The Kier molecular flexibility index (Phi) is 7.67. The number of aliphatic hydroxyl groups is 1. The van der Waals surface area contributed by atoms with Gasteiger partial charge in [-0.05, 0) is 54.7 Å². The third-order valence-corrected chi connectivity index (χ3v) is 5.45. The van der Waals surface area contributed by atoms with Crippen molar-refractivity contribution in [1.82, 2.24) is 0 Å². The number of ether oxygens (including phenoxy) is 2. The molecule has 1 heterocycles. The number of aliphatic hydroxyl groups excluding tert-OH is 1. The summed E-state index contributed by atoms with van der Waals surface area (Å²) in [6, 6.07) is 3.96. The van der Waals surface area contributed by atoms with Gasteiger partial charge in [0.2, 0.25) is 5.91 Å². The number of hydrogen-bond donors (Lipinski definition) is 1. The number of hydrogen-bond acceptors (Lipinski definition) is 6. The van der Waals surface area contributed by atoms with E-state index in [1.165, 1.54) is 0 Å². The molecule has 0 bridgehead atoms. The molecule has 2 rings (SSSR count). The molecule has 0 unspecified atom stereocenters. The summed E-state index contributed by atoms with van der Waals surface area (Å²) >= 11 is 1.09. The second-order valence-corrected chi connectivity index (χ2v) is 7.86. The molecular formula is C22H27NO5S. The highest BCUT2D eigenvalue weighted by atomic mass is 32.2. The Balaban J connectivity index is 2.58. The number of esters is 1. The van der Waals surface area contributed by atoms with Crippen LogP contribution in [0.15, 0.2) is 33.4 Å². The van der Waals surface area contributed by atoms with E-state index in [0.29, 0.717) is 4.91 Å². The number of amides is 1. The van der Waals surface area contributed by atoms with E-state index in [-0.39, 0.29) is 41.2 Å². The van der Waals surface area contributed by atoms with Crippen LogP contribution in [0.4, 0.5) is 0 Å². The number of methoxy groups -OCH3 is 1. The molecule has 0 saturated heterocycles. The smallest absolute Gasteiger partial charge is 0.344 e. The lowest BCUT2D eigenvalue weighted by atomic mass is 9.96. The van der Waals surface area contributed by atoms with Crippen LogP contribution in [0, 0.1) is 6.92 Å². The Morgan fingerprint density at radius 1 is 1.28 bits per heavy atom. The van der Waals surface area contributed by atoms with Gasteiger partial charge >= 0.3 is 5.97 Å². The van der Waals surface area contributed by atoms with E-state index in [1.54, 1.807) is 27.0 Å². The predicted molar refractivity (Wildman–Crippen MR) is 116 cm³/mol. The van der Waals surface area contributed by atoms with Crippen molar-refractivity contribution >= 4 is 34.8 Å². The highest BCUT2D eigenvalue weighted by molar-refractivity contribution is 8.18. The Bertz CT molecular complexity index is 912. The average molecular weight is 418 g/mol. The topological polar surface area (TPSA) is 85.2 Å². The first-order valence-corrected chi connectivity index (χ1v) is 10.4. The highest BCUT2D eigenvalue weighted by Gasteiger charge is 2.33. The molecule has 1 aliphatic rings. The number of nitrogens with zero attached hydrogens (tertiary/aromatic N) is 1. The van der Waals surface area contributed by atoms with Crippen molar-refractivity contribution in [3.63, 3.8) is 0 Å². The summed E-state index contributed by atoms with van der Waals surface area (Å²) in [7, 11) is 1.64. The number of carbonyl (C=O) groups is 2. The lowest BCUT2D eigenvalue weighted by molar-refractivity contribution is -0.138. The minimum absolute atomic E-state index is 0.0693. The maximum Gasteiger partial charge on any atom is 0.344 e. The van der Waals surface area contributed by atoms with Gasteiger partial charge in [-0.1, -0.05) is 32.5 Å². The summed E-state index contributed by atoms with van der Waals surface area (Å²) in [6.07, 6.45) is 1.99. The molecule has 0 radical (unpaired) electrons. The van der Waals surface area contributed by atoms with Crippen molar-refractivity contribution in [2.24, 2.45) is 4.99 Å². The zero-order valence-electron chi connectivity index (χ0n) is 17.7. The van der Waals surface area contributed by atoms with Crippen LogP contribution < -0.4 is 4.74 Å². The normalized spacial score (nSPS) is 16.8. The lowest BCUT2D eigenvalue weighted by Crippen LogP contribution is -2.14. The van der Waals surface area contributed by atoms with Crippen molar-refractivity contribution in [2.45, 2.75) is 47.0 Å². The zero-order chi connectivity index (χ0) is 21.7. The first-order chi connectivity index (χ1) is 13.7. The van der Waals surface area contributed by atoms with Gasteiger partial charge in [0.1, 0.15) is 22.1 Å². The molecular weight excluding hydrogens is 390 g/mol. The molecule has 1 N–H and O–H groups in total. The van der Waals surface area contributed by atoms with Gasteiger partial charge in [0.15, 0.2) is 0 Å². The summed E-state index contributed by atoms with van der Waals surface area (Å²) < 4.78 is 10.5. The molecule has 0 aliphatic carbocycles. The highest BCUT2D eigenvalue weighted by Crippen LogP contribution is 2.40. The summed E-state index contributed by atoms with van der Waals surface area (Å²) in [6.45, 7) is 9.61. The molecule has 1 aliphatic heterocycles. The third-order valence-electron chi connectivity index (χ3n) is 4.43. The third kappa shape index (κ3) is 5.09. The van der Waals surface area contributed by atoms with E-state index in [2.05, 4.69) is 18.8 Å². The van der Waals surface area contributed by atoms with Gasteiger partial charge in [0, 0.05) is 6.42 Å². The summed E-state index contributed by atoms with van der Waals surface area (Å²) in [5, 5.41) is 10.9. The molecule has 0 fully saturated rings.